The number of hydrogen-bond donors (Lipinski definition) is 2. The lowest BCUT2D eigenvalue weighted by molar-refractivity contribution is -0.134. The number of halogens is 2. The molecule has 1 aromatic carbocycles. The molecular weight excluding hydrogens is 392 g/mol. The van der Waals surface area contributed by atoms with Gasteiger partial charge in [0.2, 0.25) is 5.91 Å². The predicted octanol–water partition coefficient (Wildman–Crippen LogP) is 1.49. The van der Waals surface area contributed by atoms with Gasteiger partial charge in [-0.3, -0.25) is 9.59 Å². The number of hydrogen-bond acceptors (Lipinski definition) is 6. The van der Waals surface area contributed by atoms with Gasteiger partial charge in [-0.15, -0.1) is 0 Å². The number of aromatic nitrogens is 2. The Kier molecular flexibility index (Phi) is 6.30. The van der Waals surface area contributed by atoms with Gasteiger partial charge in [0.25, 0.3) is 5.56 Å². The normalized spacial score (nSPS) is 19.5. The van der Waals surface area contributed by atoms with Crippen molar-refractivity contribution in [3.05, 3.63) is 51.9 Å². The third kappa shape index (κ3) is 5.29. The number of ether oxygens (including phenoxy) is 1. The SMILES string of the molecule is Cc1cc(=O)[nH]c(SCC(=O)N2CC[C@@H](Oc3cc(F)cc(F)c3)[C@H](O)C2)n1. The number of carbonyl (C=O) groups is 1. The monoisotopic (exact) mass is 411 g/mol. The molecule has 2 heterocycles. The number of H-pyrrole nitrogens is 1. The number of amides is 1. The third-order valence-electron chi connectivity index (χ3n) is 4.18. The summed E-state index contributed by atoms with van der Waals surface area (Å²) < 4.78 is 32.0. The van der Waals surface area contributed by atoms with Gasteiger partial charge in [-0.2, -0.15) is 0 Å². The van der Waals surface area contributed by atoms with E-state index in [4.69, 9.17) is 4.74 Å². The highest BCUT2D eigenvalue weighted by atomic mass is 32.2. The Balaban J connectivity index is 1.54. The number of carbonyl (C=O) groups excluding carboxylic acids is 1. The maximum Gasteiger partial charge on any atom is 0.251 e. The lowest BCUT2D eigenvalue weighted by Crippen LogP contribution is -2.51. The summed E-state index contributed by atoms with van der Waals surface area (Å²) >= 11 is 1.10. The number of likely N-dealkylation sites (tertiary alicyclic amines) is 1. The van der Waals surface area contributed by atoms with E-state index in [2.05, 4.69) is 9.97 Å². The molecule has 1 aromatic heterocycles. The van der Waals surface area contributed by atoms with Crippen LogP contribution < -0.4 is 10.3 Å². The molecule has 1 aliphatic heterocycles. The van der Waals surface area contributed by atoms with Crippen molar-refractivity contribution >= 4 is 17.7 Å². The van der Waals surface area contributed by atoms with E-state index in [0.717, 1.165) is 30.0 Å². The summed E-state index contributed by atoms with van der Waals surface area (Å²) in [6.07, 6.45) is -1.35. The molecule has 0 radical (unpaired) electrons. The minimum absolute atomic E-state index is 0.00800. The van der Waals surface area contributed by atoms with Crippen LogP contribution in [0.5, 0.6) is 5.75 Å². The molecular formula is C18H19F2N3O4S. The molecule has 150 valence electrons. The quantitative estimate of drug-likeness (QED) is 0.572. The summed E-state index contributed by atoms with van der Waals surface area (Å²) in [6.45, 7) is 2.06. The number of aryl methyl sites for hydroxylation is 1. The van der Waals surface area contributed by atoms with Crippen molar-refractivity contribution in [3.8, 4) is 5.75 Å². The molecule has 0 unspecified atom stereocenters. The average molecular weight is 411 g/mol. The molecule has 10 heteroatoms. The van der Waals surface area contributed by atoms with Gasteiger partial charge < -0.3 is 19.7 Å². The third-order valence-corrected chi connectivity index (χ3v) is 5.03. The van der Waals surface area contributed by atoms with Gasteiger partial charge in [-0.25, -0.2) is 13.8 Å². The van der Waals surface area contributed by atoms with Crippen molar-refractivity contribution in [2.45, 2.75) is 30.7 Å². The first-order valence-corrected chi connectivity index (χ1v) is 9.58. The van der Waals surface area contributed by atoms with Crippen molar-refractivity contribution in [1.82, 2.24) is 14.9 Å². The van der Waals surface area contributed by atoms with Gasteiger partial charge in [0.05, 0.1) is 12.3 Å². The zero-order valence-electron chi connectivity index (χ0n) is 15.0. The largest absolute Gasteiger partial charge is 0.487 e. The van der Waals surface area contributed by atoms with Gasteiger partial charge in [0, 0.05) is 42.9 Å². The molecule has 2 atom stereocenters. The highest BCUT2D eigenvalue weighted by molar-refractivity contribution is 7.99. The molecule has 1 amide bonds. The molecule has 28 heavy (non-hydrogen) atoms. The molecule has 3 rings (SSSR count). The van der Waals surface area contributed by atoms with Crippen LogP contribution in [0.4, 0.5) is 8.78 Å². The fraction of sp³-hybridized carbons (Fsp3) is 0.389. The second-order valence-corrected chi connectivity index (χ2v) is 7.40. The van der Waals surface area contributed by atoms with Crippen LogP contribution in [0.25, 0.3) is 0 Å². The number of piperidine rings is 1. The summed E-state index contributed by atoms with van der Waals surface area (Å²) in [5.41, 5.74) is 0.269. The van der Waals surface area contributed by atoms with E-state index >= 15 is 0 Å². The summed E-state index contributed by atoms with van der Waals surface area (Å²) in [5.74, 6) is -1.71. The van der Waals surface area contributed by atoms with E-state index < -0.39 is 23.8 Å². The Morgan fingerprint density at radius 1 is 1.36 bits per heavy atom. The second kappa shape index (κ2) is 8.70. The number of aliphatic hydroxyl groups is 1. The molecule has 1 saturated heterocycles. The molecule has 0 bridgehead atoms. The molecule has 0 spiro atoms. The summed E-state index contributed by atoms with van der Waals surface area (Å²) in [7, 11) is 0. The van der Waals surface area contributed by atoms with Gasteiger partial charge in [-0.1, -0.05) is 11.8 Å². The van der Waals surface area contributed by atoms with Crippen molar-refractivity contribution in [2.24, 2.45) is 0 Å². The van der Waals surface area contributed by atoms with Crippen LogP contribution in [-0.4, -0.2) is 56.9 Å². The van der Waals surface area contributed by atoms with Crippen molar-refractivity contribution in [1.29, 1.82) is 0 Å². The fourth-order valence-electron chi connectivity index (χ4n) is 2.89. The Labute approximate surface area is 163 Å². The zero-order chi connectivity index (χ0) is 20.3. The smallest absolute Gasteiger partial charge is 0.251 e. The van der Waals surface area contributed by atoms with E-state index in [1.54, 1.807) is 6.92 Å². The van der Waals surface area contributed by atoms with E-state index in [0.29, 0.717) is 23.8 Å². The number of nitrogens with zero attached hydrogens (tertiary/aromatic N) is 2. The zero-order valence-corrected chi connectivity index (χ0v) is 15.8. The minimum atomic E-state index is -0.995. The molecule has 7 nitrogen and oxygen atoms in total. The lowest BCUT2D eigenvalue weighted by Gasteiger charge is -2.35. The highest BCUT2D eigenvalue weighted by Gasteiger charge is 2.31. The van der Waals surface area contributed by atoms with Crippen LogP contribution in [-0.2, 0) is 4.79 Å². The molecule has 0 aliphatic carbocycles. The van der Waals surface area contributed by atoms with Crippen LogP contribution in [0.2, 0.25) is 0 Å². The highest BCUT2D eigenvalue weighted by Crippen LogP contribution is 2.22. The van der Waals surface area contributed by atoms with E-state index in [1.165, 1.54) is 11.0 Å². The van der Waals surface area contributed by atoms with Crippen LogP contribution in [0.1, 0.15) is 12.1 Å². The summed E-state index contributed by atoms with van der Waals surface area (Å²) in [5, 5.41) is 10.6. The van der Waals surface area contributed by atoms with Crippen LogP contribution in [0.3, 0.4) is 0 Å². The molecule has 1 aliphatic rings. The maximum atomic E-state index is 13.3. The number of benzene rings is 1. The predicted molar refractivity (Wildman–Crippen MR) is 98.3 cm³/mol. The molecule has 1 fully saturated rings. The minimum Gasteiger partial charge on any atom is -0.487 e. The fourth-order valence-corrected chi connectivity index (χ4v) is 3.71. The number of rotatable bonds is 5. The Bertz CT molecular complexity index is 904. The molecule has 2 aromatic rings. The van der Waals surface area contributed by atoms with Gasteiger partial charge in [0.15, 0.2) is 5.16 Å². The molecule has 2 N–H and O–H groups in total. The van der Waals surface area contributed by atoms with Crippen molar-refractivity contribution in [2.75, 3.05) is 18.8 Å². The Hall–Kier alpha value is -2.46. The van der Waals surface area contributed by atoms with Gasteiger partial charge >= 0.3 is 0 Å². The van der Waals surface area contributed by atoms with Gasteiger partial charge in [-0.05, 0) is 6.92 Å². The summed E-state index contributed by atoms with van der Waals surface area (Å²) in [4.78, 5) is 32.0. The number of thioether (sulfide) groups is 1. The second-order valence-electron chi connectivity index (χ2n) is 6.44. The Morgan fingerprint density at radius 2 is 2.07 bits per heavy atom. The Morgan fingerprint density at radius 3 is 2.71 bits per heavy atom. The summed E-state index contributed by atoms with van der Waals surface area (Å²) in [6, 6.07) is 4.18. The first-order chi connectivity index (χ1) is 13.3. The van der Waals surface area contributed by atoms with E-state index in [9.17, 15) is 23.5 Å². The number of aliphatic hydroxyl groups excluding tert-OH is 1. The lowest BCUT2D eigenvalue weighted by atomic mass is 10.0. The first-order valence-electron chi connectivity index (χ1n) is 8.59. The average Bonchev–Trinajstić information content (AvgIpc) is 2.60. The first kappa shape index (κ1) is 20.3. The number of aromatic amines is 1. The van der Waals surface area contributed by atoms with Crippen molar-refractivity contribution in [3.63, 3.8) is 0 Å². The van der Waals surface area contributed by atoms with Crippen LogP contribution >= 0.6 is 11.8 Å². The molecule has 0 saturated carbocycles. The topological polar surface area (TPSA) is 95.5 Å². The number of nitrogens with one attached hydrogen (secondary N) is 1. The van der Waals surface area contributed by atoms with Crippen molar-refractivity contribution < 1.29 is 23.4 Å². The number of β-amino-alcohol motifs (C(OH)–C–C–N with tert-alkyl or cyclic N) is 1. The standard InChI is InChI=1S/C18H19F2N3O4S/c1-10-4-16(25)22-18(21-10)28-9-17(26)23-3-2-15(14(24)8-23)27-13-6-11(19)5-12(20)7-13/h4-7,14-15,24H,2-3,8-9H2,1H3,(H,21,22,25)/t14-,15-/m1/s1. The van der Waals surface area contributed by atoms with E-state index in [1.807, 2.05) is 0 Å². The van der Waals surface area contributed by atoms with Gasteiger partial charge in [0.1, 0.15) is 29.6 Å². The van der Waals surface area contributed by atoms with Crippen LogP contribution in [0, 0.1) is 18.6 Å². The van der Waals surface area contributed by atoms with E-state index in [-0.39, 0.29) is 29.5 Å². The van der Waals surface area contributed by atoms with Crippen LogP contribution in [0.15, 0.2) is 34.2 Å². The maximum absolute atomic E-state index is 13.3.